The van der Waals surface area contributed by atoms with Gasteiger partial charge in [0.1, 0.15) is 12.1 Å². The quantitative estimate of drug-likeness (QED) is 0.0365. The molecule has 74 heavy (non-hydrogen) atoms. The minimum atomic E-state index is -0.927. The number of nitrogens with zero attached hydrogens (tertiary/aromatic N) is 1. The summed E-state index contributed by atoms with van der Waals surface area (Å²) in [6, 6.07) is -4.79. The van der Waals surface area contributed by atoms with E-state index < -0.39 is 59.9 Å². The van der Waals surface area contributed by atoms with Crippen LogP contribution in [0.3, 0.4) is 0 Å². The summed E-state index contributed by atoms with van der Waals surface area (Å²) >= 11 is 0. The van der Waals surface area contributed by atoms with Crippen LogP contribution in [0.25, 0.3) is 0 Å². The van der Waals surface area contributed by atoms with E-state index in [4.69, 9.17) is 45.9 Å². The fourth-order valence-electron chi connectivity index (χ4n) is 8.27. The molecule has 0 aromatic carbocycles. The lowest BCUT2D eigenvalue weighted by Gasteiger charge is -2.26. The molecular weight excluding hydrogens is 947 g/mol. The van der Waals surface area contributed by atoms with Crippen LogP contribution in [0.2, 0.25) is 0 Å². The molecule has 0 rings (SSSR count). The summed E-state index contributed by atoms with van der Waals surface area (Å²) in [5, 5.41) is 17.1. The van der Waals surface area contributed by atoms with E-state index >= 15 is 0 Å². The fraction of sp³-hybridized carbons (Fsp3) is 0.865. The Balaban J connectivity index is 5.94. The number of carbonyl (C=O) groups excluding carboxylic acids is 7. The van der Waals surface area contributed by atoms with Crippen LogP contribution >= 0.6 is 0 Å². The average molecular weight is 1050 g/mol. The van der Waals surface area contributed by atoms with E-state index in [0.717, 1.165) is 44.9 Å². The van der Waals surface area contributed by atoms with Crippen molar-refractivity contribution in [2.75, 3.05) is 65.4 Å². The van der Waals surface area contributed by atoms with E-state index in [2.05, 4.69) is 38.8 Å². The lowest BCUT2D eigenvalue weighted by molar-refractivity contribution is -0.133. The molecule has 0 aromatic heterocycles. The molecule has 432 valence electrons. The van der Waals surface area contributed by atoms with Crippen LogP contribution in [0.15, 0.2) is 0 Å². The Morgan fingerprint density at radius 2 is 0.662 bits per heavy atom. The van der Waals surface area contributed by atoms with Crippen molar-refractivity contribution < 1.29 is 33.6 Å². The van der Waals surface area contributed by atoms with Crippen LogP contribution in [0.4, 0.5) is 0 Å². The van der Waals surface area contributed by atoms with Crippen LogP contribution in [0, 0.1) is 0 Å². The highest BCUT2D eigenvalue weighted by Crippen LogP contribution is 2.12. The highest BCUT2D eigenvalue weighted by molar-refractivity contribution is 5.90. The molecule has 22 heteroatoms. The summed E-state index contributed by atoms with van der Waals surface area (Å²) in [5.74, 6) is -2.44. The third-order valence-electron chi connectivity index (χ3n) is 13.1. The molecule has 0 aliphatic rings. The average Bonchev–Trinajstić information content (AvgIpc) is 3.38. The van der Waals surface area contributed by atoms with Gasteiger partial charge < -0.3 is 82.7 Å². The largest absolute Gasteiger partial charge is 0.355 e. The molecule has 0 fully saturated rings. The van der Waals surface area contributed by atoms with Gasteiger partial charge in [0, 0.05) is 45.7 Å². The number of nitrogens with two attached hydrogens (primary N) is 8. The Kier molecular flexibility index (Phi) is 44.8. The number of unbranched alkanes of at least 4 members (excludes halogenated alkanes) is 14. The third kappa shape index (κ3) is 36.8. The second kappa shape index (κ2) is 47.4. The van der Waals surface area contributed by atoms with Gasteiger partial charge in [-0.3, -0.25) is 33.6 Å². The number of amides is 7. The van der Waals surface area contributed by atoms with Crippen molar-refractivity contribution >= 4 is 41.4 Å². The molecule has 0 bridgehead atoms. The molecule has 0 aliphatic carbocycles. The lowest BCUT2D eigenvalue weighted by Crippen LogP contribution is -2.53. The van der Waals surface area contributed by atoms with Gasteiger partial charge in [-0.1, -0.05) is 84.0 Å². The third-order valence-corrected chi connectivity index (χ3v) is 13.1. The summed E-state index contributed by atoms with van der Waals surface area (Å²) in [7, 11) is 0. The number of rotatable bonds is 50. The second-order valence-corrected chi connectivity index (χ2v) is 19.8. The van der Waals surface area contributed by atoms with Crippen molar-refractivity contribution in [1.82, 2.24) is 36.8 Å². The van der Waals surface area contributed by atoms with Crippen LogP contribution in [-0.2, 0) is 33.6 Å². The fourth-order valence-corrected chi connectivity index (χ4v) is 8.27. The second-order valence-electron chi connectivity index (χ2n) is 19.8. The molecule has 0 spiro atoms. The lowest BCUT2D eigenvalue weighted by atomic mass is 10.1. The van der Waals surface area contributed by atoms with E-state index in [1.807, 2.05) is 0 Å². The van der Waals surface area contributed by atoms with Gasteiger partial charge >= 0.3 is 0 Å². The summed E-state index contributed by atoms with van der Waals surface area (Å²) in [5.41, 5.74) is 46.8. The van der Waals surface area contributed by atoms with E-state index in [-0.39, 0.29) is 56.7 Å². The molecule has 22 N–H and O–H groups in total. The zero-order valence-electron chi connectivity index (χ0n) is 45.8. The normalized spacial score (nSPS) is 13.7. The maximum atomic E-state index is 13.8. The van der Waals surface area contributed by atoms with Gasteiger partial charge in [-0.05, 0) is 122 Å². The highest BCUT2D eigenvalue weighted by atomic mass is 16.2. The predicted molar refractivity (Wildman–Crippen MR) is 296 cm³/mol. The van der Waals surface area contributed by atoms with Crippen molar-refractivity contribution in [2.45, 2.75) is 223 Å². The van der Waals surface area contributed by atoms with Gasteiger partial charge in [-0.2, -0.15) is 0 Å². The van der Waals surface area contributed by atoms with E-state index in [1.54, 1.807) is 4.90 Å². The van der Waals surface area contributed by atoms with Gasteiger partial charge in [0.15, 0.2) is 0 Å². The van der Waals surface area contributed by atoms with Gasteiger partial charge in [-0.15, -0.1) is 0 Å². The first kappa shape index (κ1) is 70.0. The van der Waals surface area contributed by atoms with Gasteiger partial charge in [-0.25, -0.2) is 0 Å². The van der Waals surface area contributed by atoms with Gasteiger partial charge in [0.2, 0.25) is 41.4 Å². The molecule has 0 aromatic rings. The summed E-state index contributed by atoms with van der Waals surface area (Å²) in [6.07, 6.45) is 20.4. The standard InChI is InChI=1S/C52H107N15O7/c1-2-3-4-5-6-7-8-9-10-29-46(68)67(38-36-63-51(73)44(65-49(71)42(59)25-13-19-32-55)27-15-21-34-61-47(69)40(57)23-11-17-30-53)39-37-64-52(74)45(66-50(72)43(60)26-14-20-33-56)28-16-22-35-62-48(70)41(58)24-12-18-31-54/h40-45H,2-39,53-60H2,1H3,(H,61,69)(H,62,70)(H,63,73)(H,64,74)(H,65,71)(H,66,72)/t40-,41-,42-,43-,44-,45-/m0/s1. The summed E-state index contributed by atoms with van der Waals surface area (Å²) in [4.78, 5) is 94.3. The van der Waals surface area contributed by atoms with E-state index in [1.165, 1.54) is 32.1 Å². The SMILES string of the molecule is CCCCCCCCCCCC(=O)N(CCNC(=O)[C@H](CCCCNC(=O)[C@@H](N)CCCCN)NC(=O)[C@@H](N)CCCCN)CCNC(=O)[C@H](CCCCNC(=O)[C@@H](N)CCCCN)NC(=O)[C@@H](N)CCCCN. The van der Waals surface area contributed by atoms with Crippen LogP contribution in [0.5, 0.6) is 0 Å². The molecule has 7 amide bonds. The maximum Gasteiger partial charge on any atom is 0.242 e. The smallest absolute Gasteiger partial charge is 0.242 e. The first-order chi connectivity index (χ1) is 35.7. The van der Waals surface area contributed by atoms with Gasteiger partial charge in [0.25, 0.3) is 0 Å². The molecule has 0 heterocycles. The monoisotopic (exact) mass is 1050 g/mol. The minimum Gasteiger partial charge on any atom is -0.355 e. The van der Waals surface area contributed by atoms with Crippen molar-refractivity contribution in [3.05, 3.63) is 0 Å². The van der Waals surface area contributed by atoms with Crippen molar-refractivity contribution in [3.63, 3.8) is 0 Å². The van der Waals surface area contributed by atoms with Crippen molar-refractivity contribution in [2.24, 2.45) is 45.9 Å². The Bertz CT molecular complexity index is 1410. The Hall–Kier alpha value is -4.03. The molecule has 0 radical (unpaired) electrons. The minimum absolute atomic E-state index is 0.0686. The molecule has 6 atom stereocenters. The molecule has 22 nitrogen and oxygen atoms in total. The summed E-state index contributed by atoms with van der Waals surface area (Å²) < 4.78 is 0. The summed E-state index contributed by atoms with van der Waals surface area (Å²) in [6.45, 7) is 5.30. The molecular formula is C52H107N15O7. The molecule has 0 saturated heterocycles. The molecule has 0 saturated carbocycles. The van der Waals surface area contributed by atoms with Crippen molar-refractivity contribution in [1.29, 1.82) is 0 Å². The maximum absolute atomic E-state index is 13.8. The first-order valence-corrected chi connectivity index (χ1v) is 28.5. The first-order valence-electron chi connectivity index (χ1n) is 28.5. The molecule has 0 unspecified atom stereocenters. The van der Waals surface area contributed by atoms with Crippen LogP contribution in [0.1, 0.15) is 187 Å². The van der Waals surface area contributed by atoms with Crippen LogP contribution in [-0.4, -0.2) is 148 Å². The number of nitrogens with one attached hydrogen (secondary N) is 6. The Morgan fingerprint density at radius 1 is 0.351 bits per heavy atom. The zero-order chi connectivity index (χ0) is 55.2. The van der Waals surface area contributed by atoms with E-state index in [0.29, 0.717) is 129 Å². The topological polar surface area (TPSA) is 403 Å². The van der Waals surface area contributed by atoms with Crippen LogP contribution < -0.4 is 77.8 Å². The molecule has 0 aliphatic heterocycles. The highest BCUT2D eigenvalue weighted by Gasteiger charge is 2.26. The number of hydrogen-bond acceptors (Lipinski definition) is 15. The Morgan fingerprint density at radius 3 is 1.01 bits per heavy atom. The Labute approximate surface area is 444 Å². The predicted octanol–water partition coefficient (Wildman–Crippen LogP) is 0.336. The zero-order valence-corrected chi connectivity index (χ0v) is 45.8. The van der Waals surface area contributed by atoms with E-state index in [9.17, 15) is 33.6 Å². The van der Waals surface area contributed by atoms with Crippen molar-refractivity contribution in [3.8, 4) is 0 Å². The van der Waals surface area contributed by atoms with Gasteiger partial charge in [0.05, 0.1) is 24.2 Å². The number of carbonyl (C=O) groups is 7. The number of hydrogen-bond donors (Lipinski definition) is 14.